The minimum Gasteiger partial charge on any atom is -0.484 e. The van der Waals surface area contributed by atoms with E-state index in [0.717, 1.165) is 11.1 Å². The minimum absolute atomic E-state index is 0.00553. The third kappa shape index (κ3) is 5.23. The number of amides is 2. The monoisotopic (exact) mass is 374 g/mol. The SMILES string of the molecule is Cc1cc(OCC(=O)Nc2ccccc2C(=O)NC(C)C)cc(C)c1Cl. The molecule has 2 N–H and O–H groups in total. The van der Waals surface area contributed by atoms with Gasteiger partial charge in [0, 0.05) is 11.1 Å². The maximum atomic E-state index is 12.2. The van der Waals surface area contributed by atoms with Crippen LogP contribution in [0.1, 0.15) is 35.3 Å². The zero-order valence-corrected chi connectivity index (χ0v) is 16.1. The van der Waals surface area contributed by atoms with E-state index in [9.17, 15) is 9.59 Å². The highest BCUT2D eigenvalue weighted by molar-refractivity contribution is 6.32. The molecule has 0 heterocycles. The Bertz CT molecular complexity index is 795. The van der Waals surface area contributed by atoms with Crippen LogP contribution in [0.2, 0.25) is 5.02 Å². The van der Waals surface area contributed by atoms with Crippen LogP contribution < -0.4 is 15.4 Å². The van der Waals surface area contributed by atoms with Crippen LogP contribution in [0, 0.1) is 13.8 Å². The largest absolute Gasteiger partial charge is 0.484 e. The first-order valence-corrected chi connectivity index (χ1v) is 8.75. The minimum atomic E-state index is -0.347. The second-order valence-corrected chi connectivity index (χ2v) is 6.76. The van der Waals surface area contributed by atoms with E-state index in [0.29, 0.717) is 22.0 Å². The number of benzene rings is 2. The summed E-state index contributed by atoms with van der Waals surface area (Å²) in [6.45, 7) is 7.35. The van der Waals surface area contributed by atoms with Gasteiger partial charge >= 0.3 is 0 Å². The van der Waals surface area contributed by atoms with Crippen LogP contribution in [-0.2, 0) is 4.79 Å². The Labute approximate surface area is 158 Å². The molecule has 0 aliphatic heterocycles. The summed E-state index contributed by atoms with van der Waals surface area (Å²) in [6, 6.07) is 10.4. The van der Waals surface area contributed by atoms with E-state index in [4.69, 9.17) is 16.3 Å². The van der Waals surface area contributed by atoms with E-state index >= 15 is 0 Å². The van der Waals surface area contributed by atoms with Crippen molar-refractivity contribution in [3.8, 4) is 5.75 Å². The Kier molecular flexibility index (Phi) is 6.64. The van der Waals surface area contributed by atoms with Crippen molar-refractivity contribution < 1.29 is 14.3 Å². The van der Waals surface area contributed by atoms with Crippen molar-refractivity contribution in [2.75, 3.05) is 11.9 Å². The summed E-state index contributed by atoms with van der Waals surface area (Å²) in [5.74, 6) is -0.00814. The van der Waals surface area contributed by atoms with Gasteiger partial charge in [-0.05, 0) is 63.1 Å². The van der Waals surface area contributed by atoms with Gasteiger partial charge < -0.3 is 15.4 Å². The molecule has 26 heavy (non-hydrogen) atoms. The summed E-state index contributed by atoms with van der Waals surface area (Å²) >= 11 is 6.13. The Morgan fingerprint density at radius 3 is 2.35 bits per heavy atom. The molecular weight excluding hydrogens is 352 g/mol. The lowest BCUT2D eigenvalue weighted by Gasteiger charge is -2.14. The summed E-state index contributed by atoms with van der Waals surface area (Å²) in [6.07, 6.45) is 0. The molecular formula is C20H23ClN2O3. The molecule has 0 spiro atoms. The smallest absolute Gasteiger partial charge is 0.262 e. The third-order valence-corrected chi connectivity index (χ3v) is 4.24. The van der Waals surface area contributed by atoms with E-state index in [1.165, 1.54) is 0 Å². The summed E-state index contributed by atoms with van der Waals surface area (Å²) in [5, 5.41) is 6.23. The number of hydrogen-bond acceptors (Lipinski definition) is 3. The van der Waals surface area contributed by atoms with E-state index in [-0.39, 0.29) is 24.5 Å². The fraction of sp³-hybridized carbons (Fsp3) is 0.300. The fourth-order valence-corrected chi connectivity index (χ4v) is 2.56. The molecule has 0 aliphatic rings. The van der Waals surface area contributed by atoms with Crippen LogP contribution in [-0.4, -0.2) is 24.5 Å². The van der Waals surface area contributed by atoms with Gasteiger partial charge in [0.1, 0.15) is 5.75 Å². The van der Waals surface area contributed by atoms with Crippen molar-refractivity contribution in [3.63, 3.8) is 0 Å². The number of rotatable bonds is 6. The molecule has 2 aromatic rings. The molecule has 6 heteroatoms. The van der Waals surface area contributed by atoms with E-state index < -0.39 is 0 Å². The highest BCUT2D eigenvalue weighted by Gasteiger charge is 2.14. The molecule has 0 aromatic heterocycles. The van der Waals surface area contributed by atoms with Crippen LogP contribution in [0.5, 0.6) is 5.75 Å². The Morgan fingerprint density at radius 2 is 1.73 bits per heavy atom. The van der Waals surface area contributed by atoms with Crippen molar-refractivity contribution >= 4 is 29.1 Å². The second kappa shape index (κ2) is 8.72. The molecule has 0 atom stereocenters. The molecule has 0 unspecified atom stereocenters. The van der Waals surface area contributed by atoms with Gasteiger partial charge in [0.05, 0.1) is 11.3 Å². The highest BCUT2D eigenvalue weighted by Crippen LogP contribution is 2.25. The van der Waals surface area contributed by atoms with Crippen molar-refractivity contribution in [3.05, 3.63) is 58.1 Å². The van der Waals surface area contributed by atoms with Gasteiger partial charge in [-0.1, -0.05) is 23.7 Å². The number of carbonyl (C=O) groups is 2. The Morgan fingerprint density at radius 1 is 1.12 bits per heavy atom. The number of halogens is 1. The highest BCUT2D eigenvalue weighted by atomic mass is 35.5. The number of aryl methyl sites for hydroxylation is 2. The van der Waals surface area contributed by atoms with Crippen LogP contribution in [0.3, 0.4) is 0 Å². The zero-order chi connectivity index (χ0) is 19.3. The van der Waals surface area contributed by atoms with Crippen LogP contribution in [0.4, 0.5) is 5.69 Å². The van der Waals surface area contributed by atoms with Crippen LogP contribution >= 0.6 is 11.6 Å². The van der Waals surface area contributed by atoms with Crippen molar-refractivity contribution in [1.82, 2.24) is 5.32 Å². The fourth-order valence-electron chi connectivity index (χ4n) is 2.45. The van der Waals surface area contributed by atoms with Crippen molar-refractivity contribution in [2.24, 2.45) is 0 Å². The number of anilines is 1. The standard InChI is InChI=1S/C20H23ClN2O3/c1-12(2)22-20(25)16-7-5-6-8-17(16)23-18(24)11-26-15-9-13(3)19(21)14(4)10-15/h5-10,12H,11H2,1-4H3,(H,22,25)(H,23,24). The molecule has 138 valence electrons. The van der Waals surface area contributed by atoms with E-state index in [2.05, 4.69) is 10.6 Å². The van der Waals surface area contributed by atoms with Crippen LogP contribution in [0.15, 0.2) is 36.4 Å². The maximum absolute atomic E-state index is 12.2. The van der Waals surface area contributed by atoms with Gasteiger partial charge in [-0.15, -0.1) is 0 Å². The lowest BCUT2D eigenvalue weighted by atomic mass is 10.1. The molecule has 0 bridgehead atoms. The van der Waals surface area contributed by atoms with Gasteiger partial charge in [-0.25, -0.2) is 0 Å². The van der Waals surface area contributed by atoms with E-state index in [1.807, 2.05) is 27.7 Å². The Hall–Kier alpha value is -2.53. The summed E-state index contributed by atoms with van der Waals surface area (Å²) in [4.78, 5) is 24.5. The lowest BCUT2D eigenvalue weighted by molar-refractivity contribution is -0.118. The van der Waals surface area contributed by atoms with Gasteiger partial charge in [0.15, 0.2) is 6.61 Å². The molecule has 2 aromatic carbocycles. The molecule has 2 rings (SSSR count). The van der Waals surface area contributed by atoms with Gasteiger partial charge in [0.2, 0.25) is 0 Å². The molecule has 0 radical (unpaired) electrons. The summed E-state index contributed by atoms with van der Waals surface area (Å²) < 4.78 is 5.55. The molecule has 0 aliphatic carbocycles. The normalized spacial score (nSPS) is 10.5. The first-order valence-electron chi connectivity index (χ1n) is 8.37. The van der Waals surface area contributed by atoms with Crippen molar-refractivity contribution in [2.45, 2.75) is 33.7 Å². The molecule has 0 saturated carbocycles. The molecule has 5 nitrogen and oxygen atoms in total. The lowest BCUT2D eigenvalue weighted by Crippen LogP contribution is -2.31. The predicted molar refractivity (Wildman–Crippen MR) is 104 cm³/mol. The Balaban J connectivity index is 2.03. The van der Waals surface area contributed by atoms with Gasteiger partial charge in [-0.2, -0.15) is 0 Å². The summed E-state index contributed by atoms with van der Waals surface area (Å²) in [7, 11) is 0. The zero-order valence-electron chi connectivity index (χ0n) is 15.4. The van der Waals surface area contributed by atoms with E-state index in [1.54, 1.807) is 36.4 Å². The van der Waals surface area contributed by atoms with Gasteiger partial charge in [0.25, 0.3) is 11.8 Å². The molecule has 0 saturated heterocycles. The van der Waals surface area contributed by atoms with Crippen molar-refractivity contribution in [1.29, 1.82) is 0 Å². The first kappa shape index (κ1) is 19.8. The predicted octanol–water partition coefficient (Wildman–Crippen LogP) is 4.11. The molecule has 0 fully saturated rings. The average Bonchev–Trinajstić information content (AvgIpc) is 2.57. The average molecular weight is 375 g/mol. The number of hydrogen-bond donors (Lipinski definition) is 2. The number of ether oxygens (including phenoxy) is 1. The number of nitrogens with one attached hydrogen (secondary N) is 2. The number of carbonyl (C=O) groups excluding carboxylic acids is 2. The van der Waals surface area contributed by atoms with Crippen LogP contribution in [0.25, 0.3) is 0 Å². The topological polar surface area (TPSA) is 67.4 Å². The first-order chi connectivity index (χ1) is 12.3. The third-order valence-electron chi connectivity index (χ3n) is 3.65. The number of para-hydroxylation sites is 1. The second-order valence-electron chi connectivity index (χ2n) is 6.38. The maximum Gasteiger partial charge on any atom is 0.262 e. The van der Waals surface area contributed by atoms with Gasteiger partial charge in [-0.3, -0.25) is 9.59 Å². The molecule has 2 amide bonds. The summed E-state index contributed by atoms with van der Waals surface area (Å²) in [5.41, 5.74) is 2.63. The quantitative estimate of drug-likeness (QED) is 0.799.